The van der Waals surface area contributed by atoms with Crippen LogP contribution < -0.4 is 0 Å². The molecule has 0 radical (unpaired) electrons. The van der Waals surface area contributed by atoms with E-state index in [9.17, 15) is 14.4 Å². The molecule has 0 saturated heterocycles. The number of imide groups is 1. The molecule has 1 aliphatic heterocycles. The third-order valence-corrected chi connectivity index (χ3v) is 4.99. The summed E-state index contributed by atoms with van der Waals surface area (Å²) in [6, 6.07) is 4.39. The Bertz CT molecular complexity index is 914. The predicted molar refractivity (Wildman–Crippen MR) is 92.0 cm³/mol. The average Bonchev–Trinajstić information content (AvgIpc) is 3.21. The lowest BCUT2D eigenvalue weighted by molar-refractivity contribution is 0.0436. The molecular weight excluding hydrogens is 350 g/mol. The van der Waals surface area contributed by atoms with Crippen molar-refractivity contribution < 1.29 is 23.5 Å². The summed E-state index contributed by atoms with van der Waals surface area (Å²) < 4.78 is 10.3. The first-order valence-electron chi connectivity index (χ1n) is 9.02. The normalized spacial score (nSPS) is 17.3. The molecule has 0 unspecified atom stereocenters. The molecule has 2 heterocycles. The highest BCUT2D eigenvalue weighted by molar-refractivity contribution is 6.22. The molecule has 1 aliphatic carbocycles. The van der Waals surface area contributed by atoms with Crippen LogP contribution in [0.4, 0.5) is 0 Å². The topological polar surface area (TPSA) is 103 Å². The lowest BCUT2D eigenvalue weighted by atomic mass is 9.94. The minimum absolute atomic E-state index is 0.0534. The first-order valence-corrected chi connectivity index (χ1v) is 9.02. The SMILES string of the molecule is Cc1nnc(COC(=O)c2ccc3c(c2)C(=O)N(C2CCCCC2)C3=O)o1. The number of esters is 1. The first-order chi connectivity index (χ1) is 13.0. The number of hydrogen-bond acceptors (Lipinski definition) is 7. The quantitative estimate of drug-likeness (QED) is 0.603. The van der Waals surface area contributed by atoms with Crippen LogP contribution in [0.15, 0.2) is 22.6 Å². The van der Waals surface area contributed by atoms with Crippen molar-refractivity contribution >= 4 is 17.8 Å². The number of nitrogens with zero attached hydrogens (tertiary/aromatic N) is 3. The minimum Gasteiger partial charge on any atom is -0.452 e. The van der Waals surface area contributed by atoms with E-state index in [-0.39, 0.29) is 41.5 Å². The van der Waals surface area contributed by atoms with Gasteiger partial charge in [0.2, 0.25) is 5.89 Å². The zero-order valence-electron chi connectivity index (χ0n) is 14.9. The van der Waals surface area contributed by atoms with Crippen molar-refractivity contribution in [3.8, 4) is 0 Å². The van der Waals surface area contributed by atoms with Crippen molar-refractivity contribution in [1.29, 1.82) is 0 Å². The van der Waals surface area contributed by atoms with Gasteiger partial charge in [0.25, 0.3) is 17.7 Å². The van der Waals surface area contributed by atoms with Crippen LogP contribution in [0.25, 0.3) is 0 Å². The third kappa shape index (κ3) is 3.22. The van der Waals surface area contributed by atoms with Gasteiger partial charge in [-0.3, -0.25) is 14.5 Å². The third-order valence-electron chi connectivity index (χ3n) is 4.99. The van der Waals surface area contributed by atoms with E-state index >= 15 is 0 Å². The summed E-state index contributed by atoms with van der Waals surface area (Å²) in [6.45, 7) is 1.48. The highest BCUT2D eigenvalue weighted by Crippen LogP contribution is 2.31. The van der Waals surface area contributed by atoms with Crippen LogP contribution in [0, 0.1) is 6.92 Å². The van der Waals surface area contributed by atoms with Crippen LogP contribution in [0.3, 0.4) is 0 Å². The Morgan fingerprint density at radius 1 is 1.15 bits per heavy atom. The van der Waals surface area contributed by atoms with E-state index in [4.69, 9.17) is 9.15 Å². The van der Waals surface area contributed by atoms with Gasteiger partial charge < -0.3 is 9.15 Å². The molecule has 0 N–H and O–H groups in total. The van der Waals surface area contributed by atoms with E-state index in [2.05, 4.69) is 10.2 Å². The van der Waals surface area contributed by atoms with Crippen LogP contribution in [-0.2, 0) is 11.3 Å². The van der Waals surface area contributed by atoms with E-state index in [1.54, 1.807) is 6.92 Å². The predicted octanol–water partition coefficient (Wildman–Crippen LogP) is 2.66. The van der Waals surface area contributed by atoms with E-state index in [1.165, 1.54) is 23.1 Å². The molecule has 1 saturated carbocycles. The molecular formula is C19H19N3O5. The van der Waals surface area contributed by atoms with Crippen LogP contribution in [-0.4, -0.2) is 38.9 Å². The summed E-state index contributed by atoms with van der Waals surface area (Å²) in [5.74, 6) is -0.653. The summed E-state index contributed by atoms with van der Waals surface area (Å²) >= 11 is 0. The highest BCUT2D eigenvalue weighted by Gasteiger charge is 2.40. The molecule has 8 nitrogen and oxygen atoms in total. The van der Waals surface area contributed by atoms with E-state index < -0.39 is 5.97 Å². The van der Waals surface area contributed by atoms with Crippen molar-refractivity contribution in [2.24, 2.45) is 0 Å². The number of ether oxygens (including phenoxy) is 1. The Hall–Kier alpha value is -3.03. The molecule has 1 aromatic carbocycles. The molecule has 2 aliphatic rings. The molecule has 8 heteroatoms. The maximum absolute atomic E-state index is 12.8. The Labute approximate surface area is 155 Å². The zero-order valence-corrected chi connectivity index (χ0v) is 14.9. The molecule has 1 fully saturated rings. The molecule has 27 heavy (non-hydrogen) atoms. The number of hydrogen-bond donors (Lipinski definition) is 0. The Morgan fingerprint density at radius 3 is 2.59 bits per heavy atom. The number of aromatic nitrogens is 2. The molecule has 2 amide bonds. The van der Waals surface area contributed by atoms with Crippen LogP contribution >= 0.6 is 0 Å². The van der Waals surface area contributed by atoms with E-state index in [0.29, 0.717) is 11.5 Å². The van der Waals surface area contributed by atoms with Crippen molar-refractivity contribution in [1.82, 2.24) is 15.1 Å². The van der Waals surface area contributed by atoms with E-state index in [1.807, 2.05) is 0 Å². The zero-order chi connectivity index (χ0) is 19.0. The number of aryl methyl sites for hydroxylation is 1. The number of carbonyl (C=O) groups is 3. The van der Waals surface area contributed by atoms with Crippen LogP contribution in [0.2, 0.25) is 0 Å². The van der Waals surface area contributed by atoms with Crippen molar-refractivity contribution in [3.63, 3.8) is 0 Å². The van der Waals surface area contributed by atoms with Gasteiger partial charge in [0, 0.05) is 13.0 Å². The number of benzene rings is 1. The van der Waals surface area contributed by atoms with E-state index in [0.717, 1.165) is 32.1 Å². The van der Waals surface area contributed by atoms with Gasteiger partial charge in [-0.1, -0.05) is 19.3 Å². The second-order valence-electron chi connectivity index (χ2n) is 6.82. The first kappa shape index (κ1) is 17.4. The largest absolute Gasteiger partial charge is 0.452 e. The van der Waals surface area contributed by atoms with Gasteiger partial charge in [0.05, 0.1) is 16.7 Å². The van der Waals surface area contributed by atoms with Crippen LogP contribution in [0.1, 0.15) is 75.0 Å². The van der Waals surface area contributed by atoms with Crippen molar-refractivity contribution in [2.75, 3.05) is 0 Å². The molecule has 0 spiro atoms. The van der Waals surface area contributed by atoms with Gasteiger partial charge in [0.1, 0.15) is 0 Å². The lowest BCUT2D eigenvalue weighted by Gasteiger charge is -2.29. The fourth-order valence-corrected chi connectivity index (χ4v) is 3.66. The Kier molecular flexibility index (Phi) is 4.47. The standard InChI is InChI=1S/C19H19N3O5/c1-11-20-21-16(27-11)10-26-19(25)12-7-8-14-15(9-12)18(24)22(17(14)23)13-5-3-2-4-6-13/h7-9,13H,2-6,10H2,1H3. The Morgan fingerprint density at radius 2 is 1.89 bits per heavy atom. The van der Waals surface area contributed by atoms with Gasteiger partial charge in [-0.05, 0) is 31.0 Å². The number of fused-ring (bicyclic) bond motifs is 1. The highest BCUT2D eigenvalue weighted by atomic mass is 16.5. The maximum Gasteiger partial charge on any atom is 0.338 e. The lowest BCUT2D eigenvalue weighted by Crippen LogP contribution is -2.40. The van der Waals surface area contributed by atoms with Crippen molar-refractivity contribution in [2.45, 2.75) is 51.7 Å². The molecule has 0 bridgehead atoms. The summed E-state index contributed by atoms with van der Waals surface area (Å²) in [4.78, 5) is 39.1. The molecule has 2 aromatic rings. The summed E-state index contributed by atoms with van der Waals surface area (Å²) in [7, 11) is 0. The summed E-state index contributed by atoms with van der Waals surface area (Å²) in [5.41, 5.74) is 0.805. The molecule has 0 atom stereocenters. The second kappa shape index (κ2) is 6.94. The molecule has 4 rings (SSSR count). The van der Waals surface area contributed by atoms with Gasteiger partial charge in [-0.15, -0.1) is 10.2 Å². The van der Waals surface area contributed by atoms with Crippen molar-refractivity contribution in [3.05, 3.63) is 46.7 Å². The number of carbonyl (C=O) groups excluding carboxylic acids is 3. The smallest absolute Gasteiger partial charge is 0.338 e. The fraction of sp³-hybridized carbons (Fsp3) is 0.421. The number of rotatable bonds is 4. The summed E-state index contributed by atoms with van der Waals surface area (Å²) in [6.07, 6.45) is 4.85. The number of amides is 2. The maximum atomic E-state index is 12.8. The monoisotopic (exact) mass is 369 g/mol. The summed E-state index contributed by atoms with van der Waals surface area (Å²) in [5, 5.41) is 7.41. The van der Waals surface area contributed by atoms with Gasteiger partial charge in [0.15, 0.2) is 6.61 Å². The average molecular weight is 369 g/mol. The minimum atomic E-state index is -0.620. The van der Waals surface area contributed by atoms with Gasteiger partial charge in [-0.25, -0.2) is 4.79 Å². The van der Waals surface area contributed by atoms with Gasteiger partial charge in [-0.2, -0.15) is 0 Å². The molecule has 1 aromatic heterocycles. The Balaban J connectivity index is 1.50. The molecule has 140 valence electrons. The van der Waals surface area contributed by atoms with Crippen LogP contribution in [0.5, 0.6) is 0 Å². The fourth-order valence-electron chi connectivity index (χ4n) is 3.66. The van der Waals surface area contributed by atoms with Gasteiger partial charge >= 0.3 is 5.97 Å². The second-order valence-corrected chi connectivity index (χ2v) is 6.82.